The molecule has 0 amide bonds. The lowest BCUT2D eigenvalue weighted by molar-refractivity contribution is 0.00185. The summed E-state index contributed by atoms with van der Waals surface area (Å²) in [7, 11) is 3.96. The molecule has 1 aliphatic heterocycles. The summed E-state index contributed by atoms with van der Waals surface area (Å²) in [5, 5.41) is 10.3. The van der Waals surface area contributed by atoms with Crippen LogP contribution in [0.15, 0.2) is 12.1 Å². The first-order chi connectivity index (χ1) is 11.7. The number of likely N-dealkylation sites (tertiary alicyclic amines) is 1. The topological polar surface area (TPSA) is 41.9 Å². The van der Waals surface area contributed by atoms with E-state index in [9.17, 15) is 5.11 Å². The molecule has 1 saturated heterocycles. The molecule has 3 aliphatic rings. The molecule has 2 bridgehead atoms. The third-order valence-corrected chi connectivity index (χ3v) is 6.73. The van der Waals surface area contributed by atoms with Gasteiger partial charge in [0, 0.05) is 24.6 Å². The zero-order valence-electron chi connectivity index (χ0n) is 14.9. The third kappa shape index (κ3) is 2.42. The minimum atomic E-state index is 0.251. The summed E-state index contributed by atoms with van der Waals surface area (Å²) >= 11 is 0. The van der Waals surface area contributed by atoms with E-state index < -0.39 is 0 Å². The molecular weight excluding hydrogens is 302 g/mol. The van der Waals surface area contributed by atoms with Crippen LogP contribution in [0.4, 0.5) is 0 Å². The standard InChI is InChI=1S/C20H29NO3/c1-21-8-7-20-6-4-3-5-16(20)18(21)13-15-17(20)11-14(22)12-19(15)24-10-9-23-2/h11-12,16,18,22H,3-10,13H2,1-2H3/t16-,18+,20?/m0/s1. The number of fused-ring (bicyclic) bond motifs is 1. The van der Waals surface area contributed by atoms with E-state index in [-0.39, 0.29) is 5.41 Å². The van der Waals surface area contributed by atoms with Crippen LogP contribution in [0.1, 0.15) is 43.2 Å². The minimum Gasteiger partial charge on any atom is -0.508 e. The minimum absolute atomic E-state index is 0.251. The molecule has 0 radical (unpaired) electrons. The summed E-state index contributed by atoms with van der Waals surface area (Å²) < 4.78 is 11.1. The zero-order valence-corrected chi connectivity index (χ0v) is 14.9. The van der Waals surface area contributed by atoms with Crippen molar-refractivity contribution in [3.63, 3.8) is 0 Å². The normalized spacial score (nSPS) is 32.1. The SMILES string of the molecule is COCCOc1cc(O)cc2c1C[C@@H]1[C@@H]3CCCCC23CCN1C. The Bertz CT molecular complexity index is 617. The summed E-state index contributed by atoms with van der Waals surface area (Å²) in [6.45, 7) is 2.26. The predicted octanol–water partition coefficient (Wildman–Crippen LogP) is 3.11. The summed E-state index contributed by atoms with van der Waals surface area (Å²) in [4.78, 5) is 2.56. The van der Waals surface area contributed by atoms with Crippen LogP contribution in [0.25, 0.3) is 0 Å². The van der Waals surface area contributed by atoms with Gasteiger partial charge in [-0.3, -0.25) is 0 Å². The Kier molecular flexibility index (Phi) is 4.21. The molecule has 24 heavy (non-hydrogen) atoms. The van der Waals surface area contributed by atoms with Crippen LogP contribution in [0.3, 0.4) is 0 Å². The van der Waals surface area contributed by atoms with Gasteiger partial charge >= 0.3 is 0 Å². The Morgan fingerprint density at radius 3 is 2.96 bits per heavy atom. The molecule has 1 unspecified atom stereocenters. The molecule has 4 rings (SSSR count). The molecule has 1 aromatic rings. The van der Waals surface area contributed by atoms with E-state index in [0.29, 0.717) is 25.0 Å². The first-order valence-corrected chi connectivity index (χ1v) is 9.34. The number of rotatable bonds is 4. The quantitative estimate of drug-likeness (QED) is 0.861. The first-order valence-electron chi connectivity index (χ1n) is 9.34. The van der Waals surface area contributed by atoms with Crippen LogP contribution in [0, 0.1) is 5.92 Å². The van der Waals surface area contributed by atoms with Gasteiger partial charge in [0.15, 0.2) is 0 Å². The number of piperidine rings is 1. The maximum atomic E-state index is 10.3. The number of nitrogens with zero attached hydrogens (tertiary/aromatic N) is 1. The Morgan fingerprint density at radius 2 is 2.12 bits per heavy atom. The molecule has 2 fully saturated rings. The second kappa shape index (κ2) is 6.23. The monoisotopic (exact) mass is 331 g/mol. The molecule has 0 spiro atoms. The van der Waals surface area contributed by atoms with Crippen molar-refractivity contribution in [3.8, 4) is 11.5 Å². The fraction of sp³-hybridized carbons (Fsp3) is 0.700. The lowest BCUT2D eigenvalue weighted by Gasteiger charge is -2.58. The Labute approximate surface area is 144 Å². The van der Waals surface area contributed by atoms with E-state index >= 15 is 0 Å². The average molecular weight is 331 g/mol. The lowest BCUT2D eigenvalue weighted by atomic mass is 9.52. The molecule has 4 nitrogen and oxygen atoms in total. The number of hydrogen-bond acceptors (Lipinski definition) is 4. The van der Waals surface area contributed by atoms with E-state index in [1.54, 1.807) is 13.2 Å². The van der Waals surface area contributed by atoms with Gasteiger partial charge in [-0.25, -0.2) is 0 Å². The van der Waals surface area contributed by atoms with Crippen molar-refractivity contribution in [1.29, 1.82) is 0 Å². The Hall–Kier alpha value is -1.26. The fourth-order valence-corrected chi connectivity index (χ4v) is 5.61. The molecule has 1 heterocycles. The molecular formula is C20H29NO3. The van der Waals surface area contributed by atoms with Crippen molar-refractivity contribution >= 4 is 0 Å². The summed E-state index contributed by atoms with van der Waals surface area (Å²) in [5.41, 5.74) is 2.96. The Balaban J connectivity index is 1.79. The summed E-state index contributed by atoms with van der Waals surface area (Å²) in [6, 6.07) is 4.45. The molecule has 1 saturated carbocycles. The number of phenolic OH excluding ortho intramolecular Hbond substituents is 1. The molecule has 1 N–H and O–H groups in total. The van der Waals surface area contributed by atoms with Crippen molar-refractivity contribution in [2.75, 3.05) is 33.9 Å². The molecule has 4 heteroatoms. The highest BCUT2D eigenvalue weighted by Gasteiger charge is 2.53. The first kappa shape index (κ1) is 16.2. The maximum absolute atomic E-state index is 10.3. The van der Waals surface area contributed by atoms with Crippen molar-refractivity contribution in [2.45, 2.75) is 50.0 Å². The highest BCUT2D eigenvalue weighted by molar-refractivity contribution is 5.53. The fourth-order valence-electron chi connectivity index (χ4n) is 5.61. The summed E-state index contributed by atoms with van der Waals surface area (Å²) in [5.74, 6) is 1.94. The van der Waals surface area contributed by atoms with Crippen LogP contribution in [0.2, 0.25) is 0 Å². The second-order valence-corrected chi connectivity index (χ2v) is 7.82. The molecule has 3 atom stereocenters. The number of aromatic hydroxyl groups is 1. The van der Waals surface area contributed by atoms with Gasteiger partial charge in [-0.05, 0) is 62.4 Å². The lowest BCUT2D eigenvalue weighted by Crippen LogP contribution is -2.59. The van der Waals surface area contributed by atoms with Gasteiger partial charge < -0.3 is 19.5 Å². The van der Waals surface area contributed by atoms with Crippen LogP contribution in [-0.4, -0.2) is 50.0 Å². The number of likely N-dealkylation sites (N-methyl/N-ethyl adjacent to an activating group) is 1. The van der Waals surface area contributed by atoms with E-state index in [4.69, 9.17) is 9.47 Å². The van der Waals surface area contributed by atoms with Crippen LogP contribution < -0.4 is 4.74 Å². The van der Waals surface area contributed by atoms with Crippen LogP contribution >= 0.6 is 0 Å². The molecule has 2 aliphatic carbocycles. The molecule has 1 aromatic carbocycles. The number of benzene rings is 1. The van der Waals surface area contributed by atoms with Gasteiger partial charge in [0.1, 0.15) is 18.1 Å². The largest absolute Gasteiger partial charge is 0.508 e. The summed E-state index contributed by atoms with van der Waals surface area (Å²) in [6.07, 6.45) is 7.49. The van der Waals surface area contributed by atoms with Gasteiger partial charge in [-0.1, -0.05) is 12.8 Å². The smallest absolute Gasteiger partial charge is 0.126 e. The van der Waals surface area contributed by atoms with Gasteiger partial charge in [0.05, 0.1) is 6.61 Å². The van der Waals surface area contributed by atoms with Crippen molar-refractivity contribution in [2.24, 2.45) is 5.92 Å². The van der Waals surface area contributed by atoms with Crippen molar-refractivity contribution < 1.29 is 14.6 Å². The number of hydrogen-bond donors (Lipinski definition) is 1. The maximum Gasteiger partial charge on any atom is 0.126 e. The Morgan fingerprint density at radius 1 is 1.25 bits per heavy atom. The van der Waals surface area contributed by atoms with E-state index in [1.807, 2.05) is 6.07 Å². The van der Waals surface area contributed by atoms with Gasteiger partial charge in [0.25, 0.3) is 0 Å². The zero-order chi connectivity index (χ0) is 16.7. The second-order valence-electron chi connectivity index (χ2n) is 7.82. The number of ether oxygens (including phenoxy) is 2. The van der Waals surface area contributed by atoms with E-state index in [1.165, 1.54) is 43.2 Å². The van der Waals surface area contributed by atoms with Crippen LogP contribution in [-0.2, 0) is 16.6 Å². The van der Waals surface area contributed by atoms with Crippen molar-refractivity contribution in [3.05, 3.63) is 23.3 Å². The molecule has 132 valence electrons. The third-order valence-electron chi connectivity index (χ3n) is 6.73. The highest BCUT2D eigenvalue weighted by atomic mass is 16.5. The van der Waals surface area contributed by atoms with Crippen LogP contribution in [0.5, 0.6) is 11.5 Å². The van der Waals surface area contributed by atoms with E-state index in [2.05, 4.69) is 11.9 Å². The van der Waals surface area contributed by atoms with Gasteiger partial charge in [-0.15, -0.1) is 0 Å². The van der Waals surface area contributed by atoms with E-state index in [0.717, 1.165) is 24.6 Å². The number of methoxy groups -OCH3 is 1. The molecule has 0 aromatic heterocycles. The average Bonchev–Trinajstić information content (AvgIpc) is 2.59. The van der Waals surface area contributed by atoms with Crippen molar-refractivity contribution in [1.82, 2.24) is 4.90 Å². The highest BCUT2D eigenvalue weighted by Crippen LogP contribution is 2.57. The number of phenols is 1. The van der Waals surface area contributed by atoms with Gasteiger partial charge in [-0.2, -0.15) is 0 Å². The predicted molar refractivity (Wildman–Crippen MR) is 93.9 cm³/mol. The van der Waals surface area contributed by atoms with Gasteiger partial charge in [0.2, 0.25) is 0 Å².